The zero-order chi connectivity index (χ0) is 22.7. The van der Waals surface area contributed by atoms with Crippen LogP contribution in [0.25, 0.3) is 0 Å². The SMILES string of the molecule is O=C(Nc1ccc(N2CCN(S(=O)(=O)c3ccc(Cl)cc3)CC2)nc1)c1ccccc1F. The van der Waals surface area contributed by atoms with E-state index in [1.807, 2.05) is 4.90 Å². The maximum atomic E-state index is 13.8. The van der Waals surface area contributed by atoms with E-state index in [0.29, 0.717) is 42.7 Å². The molecule has 0 spiro atoms. The lowest BCUT2D eigenvalue weighted by atomic mass is 10.2. The van der Waals surface area contributed by atoms with E-state index in [9.17, 15) is 17.6 Å². The van der Waals surface area contributed by atoms with Crippen LogP contribution in [0.3, 0.4) is 0 Å². The van der Waals surface area contributed by atoms with Crippen molar-refractivity contribution >= 4 is 39.0 Å². The Hall–Kier alpha value is -3.01. The van der Waals surface area contributed by atoms with Crippen LogP contribution >= 0.6 is 11.6 Å². The van der Waals surface area contributed by atoms with E-state index < -0.39 is 21.7 Å². The summed E-state index contributed by atoms with van der Waals surface area (Å²) in [5.74, 6) is -0.489. The quantitative estimate of drug-likeness (QED) is 0.610. The summed E-state index contributed by atoms with van der Waals surface area (Å²) in [6, 6.07) is 15.3. The lowest BCUT2D eigenvalue weighted by molar-refractivity contribution is 0.102. The molecular weight excluding hydrogens is 455 g/mol. The first kappa shape index (κ1) is 22.2. The van der Waals surface area contributed by atoms with Crippen molar-refractivity contribution in [3.05, 3.63) is 83.3 Å². The molecule has 1 fully saturated rings. The standard InChI is InChI=1S/C22H20ClFN4O3S/c23-16-5-8-18(9-6-16)32(30,31)28-13-11-27(12-14-28)21-10-7-17(15-25-21)26-22(29)19-3-1-2-4-20(19)24/h1-10,15H,11-14H2,(H,26,29). The predicted octanol–water partition coefficient (Wildman–Crippen LogP) is 3.64. The largest absolute Gasteiger partial charge is 0.354 e. The van der Waals surface area contributed by atoms with Gasteiger partial charge in [0.15, 0.2) is 0 Å². The second-order valence-corrected chi connectivity index (χ2v) is 9.56. The topological polar surface area (TPSA) is 82.6 Å². The van der Waals surface area contributed by atoms with Gasteiger partial charge in [0.1, 0.15) is 11.6 Å². The Balaban J connectivity index is 1.37. The van der Waals surface area contributed by atoms with Gasteiger partial charge in [0.25, 0.3) is 5.91 Å². The van der Waals surface area contributed by atoms with Crippen molar-refractivity contribution in [1.82, 2.24) is 9.29 Å². The second kappa shape index (κ2) is 9.23. The van der Waals surface area contributed by atoms with E-state index in [0.717, 1.165) is 0 Å². The first-order valence-electron chi connectivity index (χ1n) is 9.87. The summed E-state index contributed by atoms with van der Waals surface area (Å²) in [5, 5.41) is 3.10. The molecule has 1 saturated heterocycles. The predicted molar refractivity (Wildman–Crippen MR) is 121 cm³/mol. The monoisotopic (exact) mass is 474 g/mol. The molecule has 0 aliphatic carbocycles. The molecule has 0 unspecified atom stereocenters. The highest BCUT2D eigenvalue weighted by Crippen LogP contribution is 2.22. The van der Waals surface area contributed by atoms with Gasteiger partial charge in [-0.1, -0.05) is 23.7 Å². The van der Waals surface area contributed by atoms with Crippen molar-refractivity contribution in [2.75, 3.05) is 36.4 Å². The van der Waals surface area contributed by atoms with Crippen molar-refractivity contribution in [3.8, 4) is 0 Å². The molecule has 2 aromatic carbocycles. The summed E-state index contributed by atoms with van der Waals surface area (Å²) in [6.07, 6.45) is 1.49. The number of halogens is 2. The highest BCUT2D eigenvalue weighted by Gasteiger charge is 2.28. The highest BCUT2D eigenvalue weighted by atomic mass is 35.5. The van der Waals surface area contributed by atoms with Crippen LogP contribution in [0, 0.1) is 5.82 Å². The highest BCUT2D eigenvalue weighted by molar-refractivity contribution is 7.89. The van der Waals surface area contributed by atoms with E-state index in [1.165, 1.54) is 40.8 Å². The van der Waals surface area contributed by atoms with Gasteiger partial charge in [-0.15, -0.1) is 0 Å². The van der Waals surface area contributed by atoms with E-state index in [4.69, 9.17) is 11.6 Å². The number of hydrogen-bond acceptors (Lipinski definition) is 5. The summed E-state index contributed by atoms with van der Waals surface area (Å²) < 4.78 is 40.8. The molecule has 1 amide bonds. The first-order valence-corrected chi connectivity index (χ1v) is 11.7. The zero-order valence-corrected chi connectivity index (χ0v) is 18.5. The molecular formula is C22H20ClFN4O3S. The fraction of sp³-hybridized carbons (Fsp3) is 0.182. The Labute approximate surface area is 190 Å². The number of benzene rings is 2. The number of anilines is 2. The number of hydrogen-bond donors (Lipinski definition) is 1. The average molecular weight is 475 g/mol. The fourth-order valence-electron chi connectivity index (χ4n) is 3.40. The van der Waals surface area contributed by atoms with Crippen molar-refractivity contribution in [3.63, 3.8) is 0 Å². The number of carbonyl (C=O) groups excluding carboxylic acids is 1. The van der Waals surface area contributed by atoms with Crippen LogP contribution in [0.4, 0.5) is 15.9 Å². The lowest BCUT2D eigenvalue weighted by Crippen LogP contribution is -2.48. The van der Waals surface area contributed by atoms with Crippen LogP contribution in [-0.4, -0.2) is 49.8 Å². The van der Waals surface area contributed by atoms with E-state index >= 15 is 0 Å². The summed E-state index contributed by atoms with van der Waals surface area (Å²) in [7, 11) is -3.59. The Bertz CT molecular complexity index is 1210. The fourth-order valence-corrected chi connectivity index (χ4v) is 4.95. The van der Waals surface area contributed by atoms with Crippen molar-refractivity contribution in [1.29, 1.82) is 0 Å². The number of nitrogens with zero attached hydrogens (tertiary/aromatic N) is 3. The average Bonchev–Trinajstić information content (AvgIpc) is 2.80. The van der Waals surface area contributed by atoms with Gasteiger partial charge in [0, 0.05) is 31.2 Å². The number of rotatable bonds is 5. The third-order valence-corrected chi connectivity index (χ3v) is 7.30. The van der Waals surface area contributed by atoms with Gasteiger partial charge in [0.05, 0.1) is 22.3 Å². The van der Waals surface area contributed by atoms with Gasteiger partial charge < -0.3 is 10.2 Å². The van der Waals surface area contributed by atoms with Crippen LogP contribution < -0.4 is 10.2 Å². The normalized spacial score (nSPS) is 14.9. The van der Waals surface area contributed by atoms with Gasteiger partial charge in [-0.2, -0.15) is 4.31 Å². The Morgan fingerprint density at radius 2 is 1.66 bits per heavy atom. The first-order chi connectivity index (χ1) is 15.3. The van der Waals surface area contributed by atoms with Crippen molar-refractivity contribution < 1.29 is 17.6 Å². The summed E-state index contributed by atoms with van der Waals surface area (Å²) in [6.45, 7) is 1.58. The molecule has 32 heavy (non-hydrogen) atoms. The molecule has 1 N–H and O–H groups in total. The molecule has 2 heterocycles. The number of amides is 1. The Kier molecular flexibility index (Phi) is 6.40. The number of aromatic nitrogens is 1. The van der Waals surface area contributed by atoms with Crippen molar-refractivity contribution in [2.24, 2.45) is 0 Å². The van der Waals surface area contributed by atoms with Crippen LogP contribution in [-0.2, 0) is 10.0 Å². The minimum Gasteiger partial charge on any atom is -0.354 e. The summed E-state index contributed by atoms with van der Waals surface area (Å²) >= 11 is 5.85. The van der Waals surface area contributed by atoms with Crippen LogP contribution in [0.15, 0.2) is 71.8 Å². The number of sulfonamides is 1. The molecule has 1 aromatic heterocycles. The number of piperazine rings is 1. The molecule has 3 aromatic rings. The molecule has 0 atom stereocenters. The third-order valence-electron chi connectivity index (χ3n) is 5.14. The molecule has 7 nitrogen and oxygen atoms in total. The number of pyridine rings is 1. The molecule has 0 radical (unpaired) electrons. The minimum atomic E-state index is -3.59. The van der Waals surface area contributed by atoms with Crippen LogP contribution in [0.2, 0.25) is 5.02 Å². The minimum absolute atomic E-state index is 0.0467. The van der Waals surface area contributed by atoms with Gasteiger partial charge in [-0.25, -0.2) is 17.8 Å². The van der Waals surface area contributed by atoms with Gasteiger partial charge in [-0.3, -0.25) is 4.79 Å². The van der Waals surface area contributed by atoms with Crippen LogP contribution in [0.1, 0.15) is 10.4 Å². The summed E-state index contributed by atoms with van der Waals surface area (Å²) in [4.78, 5) is 18.8. The summed E-state index contributed by atoms with van der Waals surface area (Å²) in [5.41, 5.74) is 0.389. The Morgan fingerprint density at radius 3 is 2.28 bits per heavy atom. The lowest BCUT2D eigenvalue weighted by Gasteiger charge is -2.34. The van der Waals surface area contributed by atoms with E-state index in [1.54, 1.807) is 30.3 Å². The Morgan fingerprint density at radius 1 is 0.969 bits per heavy atom. The smallest absolute Gasteiger partial charge is 0.258 e. The molecule has 0 saturated carbocycles. The maximum absolute atomic E-state index is 13.8. The van der Waals surface area contributed by atoms with Crippen LogP contribution in [0.5, 0.6) is 0 Å². The number of nitrogens with one attached hydrogen (secondary N) is 1. The molecule has 4 rings (SSSR count). The molecule has 10 heteroatoms. The van der Waals surface area contributed by atoms with E-state index in [2.05, 4.69) is 10.3 Å². The molecule has 1 aliphatic heterocycles. The zero-order valence-electron chi connectivity index (χ0n) is 16.9. The van der Waals surface area contributed by atoms with Gasteiger partial charge in [0.2, 0.25) is 10.0 Å². The third kappa shape index (κ3) is 4.74. The molecule has 0 bridgehead atoms. The van der Waals surface area contributed by atoms with Crippen molar-refractivity contribution in [2.45, 2.75) is 4.90 Å². The van der Waals surface area contributed by atoms with Gasteiger partial charge >= 0.3 is 0 Å². The van der Waals surface area contributed by atoms with E-state index in [-0.39, 0.29) is 10.5 Å². The number of carbonyl (C=O) groups is 1. The molecule has 166 valence electrons. The maximum Gasteiger partial charge on any atom is 0.258 e. The van der Waals surface area contributed by atoms with Gasteiger partial charge in [-0.05, 0) is 48.5 Å². The second-order valence-electron chi connectivity index (χ2n) is 7.18. The molecule has 1 aliphatic rings.